The number of amides is 1. The van der Waals surface area contributed by atoms with Crippen molar-refractivity contribution in [2.45, 2.75) is 13.0 Å². The Kier molecular flexibility index (Phi) is 5.59. The molecule has 3 rings (SSSR count). The van der Waals surface area contributed by atoms with Crippen molar-refractivity contribution in [3.05, 3.63) is 83.7 Å². The Morgan fingerprint density at radius 1 is 0.923 bits per heavy atom. The molecule has 0 heterocycles. The molecule has 0 aliphatic carbocycles. The monoisotopic (exact) mass is 351 g/mol. The summed E-state index contributed by atoms with van der Waals surface area (Å²) < 4.78 is 17.9. The van der Waals surface area contributed by atoms with Gasteiger partial charge >= 0.3 is 5.97 Å². The first-order chi connectivity index (χ1) is 12.6. The van der Waals surface area contributed by atoms with Gasteiger partial charge in [-0.2, -0.15) is 0 Å². The van der Waals surface area contributed by atoms with Crippen LogP contribution < -0.4 is 5.32 Å². The van der Waals surface area contributed by atoms with Crippen LogP contribution in [0.5, 0.6) is 0 Å². The molecule has 132 valence electrons. The molecule has 0 saturated heterocycles. The molecule has 0 aromatic heterocycles. The zero-order chi connectivity index (χ0) is 18.4. The van der Waals surface area contributed by atoms with Gasteiger partial charge in [0.25, 0.3) is 5.91 Å². The highest BCUT2D eigenvalue weighted by atomic mass is 19.1. The molecule has 1 amide bonds. The van der Waals surface area contributed by atoms with E-state index < -0.39 is 11.9 Å². The van der Waals surface area contributed by atoms with Crippen molar-refractivity contribution in [2.75, 3.05) is 6.61 Å². The fraction of sp³-hybridized carbons (Fsp3) is 0.143. The summed E-state index contributed by atoms with van der Waals surface area (Å²) in [5, 5.41) is 4.67. The van der Waals surface area contributed by atoms with Crippen LogP contribution in [0.3, 0.4) is 0 Å². The molecule has 5 heteroatoms. The van der Waals surface area contributed by atoms with Crippen molar-refractivity contribution in [3.63, 3.8) is 0 Å². The van der Waals surface area contributed by atoms with E-state index in [0.717, 1.165) is 21.9 Å². The van der Waals surface area contributed by atoms with Gasteiger partial charge in [0.05, 0.1) is 6.42 Å². The van der Waals surface area contributed by atoms with E-state index in [1.165, 1.54) is 12.1 Å². The van der Waals surface area contributed by atoms with Crippen molar-refractivity contribution in [3.8, 4) is 0 Å². The number of ether oxygens (including phenoxy) is 1. The lowest BCUT2D eigenvalue weighted by molar-refractivity contribution is -0.147. The fourth-order valence-corrected chi connectivity index (χ4v) is 2.65. The molecule has 0 radical (unpaired) electrons. The first-order valence-corrected chi connectivity index (χ1v) is 8.25. The zero-order valence-electron chi connectivity index (χ0n) is 14.1. The summed E-state index contributed by atoms with van der Waals surface area (Å²) in [7, 11) is 0. The predicted molar refractivity (Wildman–Crippen MR) is 96.9 cm³/mol. The van der Waals surface area contributed by atoms with Crippen LogP contribution >= 0.6 is 0 Å². The summed E-state index contributed by atoms with van der Waals surface area (Å²) in [6.07, 6.45) is 0.104. The maximum absolute atomic E-state index is 12.8. The molecule has 0 fully saturated rings. The first kappa shape index (κ1) is 17.6. The van der Waals surface area contributed by atoms with Gasteiger partial charge in [0.2, 0.25) is 0 Å². The largest absolute Gasteiger partial charge is 0.455 e. The molecule has 1 N–H and O–H groups in total. The number of esters is 1. The van der Waals surface area contributed by atoms with E-state index >= 15 is 0 Å². The Labute approximate surface area is 150 Å². The van der Waals surface area contributed by atoms with E-state index in [9.17, 15) is 14.0 Å². The summed E-state index contributed by atoms with van der Waals surface area (Å²) in [6, 6.07) is 19.4. The lowest BCUT2D eigenvalue weighted by atomic mass is 10.0. The van der Waals surface area contributed by atoms with Crippen LogP contribution in [0.4, 0.5) is 4.39 Å². The molecule has 26 heavy (non-hydrogen) atoms. The first-order valence-electron chi connectivity index (χ1n) is 8.25. The number of rotatable bonds is 6. The number of nitrogens with one attached hydrogen (secondary N) is 1. The molecule has 0 spiro atoms. The van der Waals surface area contributed by atoms with Gasteiger partial charge in [-0.15, -0.1) is 0 Å². The Balaban J connectivity index is 1.49. The van der Waals surface area contributed by atoms with Gasteiger partial charge in [-0.1, -0.05) is 54.6 Å². The highest BCUT2D eigenvalue weighted by Gasteiger charge is 2.10. The van der Waals surface area contributed by atoms with Gasteiger partial charge in [-0.25, -0.2) is 4.39 Å². The second kappa shape index (κ2) is 8.25. The number of hydrogen-bond acceptors (Lipinski definition) is 3. The average molecular weight is 351 g/mol. The minimum absolute atomic E-state index is 0.104. The number of fused-ring (bicyclic) bond motifs is 1. The Bertz CT molecular complexity index is 917. The van der Waals surface area contributed by atoms with Crippen molar-refractivity contribution in [1.82, 2.24) is 5.32 Å². The van der Waals surface area contributed by atoms with Crippen LogP contribution in [-0.4, -0.2) is 18.5 Å². The summed E-state index contributed by atoms with van der Waals surface area (Å²) >= 11 is 0. The Morgan fingerprint density at radius 3 is 2.46 bits per heavy atom. The molecular formula is C21H18FNO3. The standard InChI is InChI=1S/C21H18FNO3/c22-18-10-8-15(9-11-18)13-23-20(24)14-26-21(25)12-17-6-3-5-16-4-1-2-7-19(16)17/h1-11H,12-14H2,(H,23,24). The number of halogens is 1. The van der Waals surface area contributed by atoms with E-state index in [1.54, 1.807) is 12.1 Å². The minimum atomic E-state index is -0.460. The van der Waals surface area contributed by atoms with Crippen molar-refractivity contribution in [2.24, 2.45) is 0 Å². The fourth-order valence-electron chi connectivity index (χ4n) is 2.65. The topological polar surface area (TPSA) is 55.4 Å². The van der Waals surface area contributed by atoms with E-state index in [2.05, 4.69) is 5.32 Å². The van der Waals surface area contributed by atoms with Gasteiger partial charge in [0.1, 0.15) is 5.82 Å². The summed E-state index contributed by atoms with van der Waals surface area (Å²) in [6.45, 7) is -0.0925. The van der Waals surface area contributed by atoms with Crippen molar-refractivity contribution in [1.29, 1.82) is 0 Å². The van der Waals surface area contributed by atoms with E-state index in [4.69, 9.17) is 4.74 Å². The summed E-state index contributed by atoms with van der Waals surface area (Å²) in [4.78, 5) is 23.8. The quantitative estimate of drug-likeness (QED) is 0.693. The molecule has 0 bridgehead atoms. The van der Waals surface area contributed by atoms with Gasteiger partial charge in [-0.3, -0.25) is 9.59 Å². The molecule has 3 aromatic carbocycles. The molecule has 0 saturated carbocycles. The van der Waals surface area contributed by atoms with E-state index in [1.807, 2.05) is 42.5 Å². The van der Waals surface area contributed by atoms with Crippen LogP contribution in [0.2, 0.25) is 0 Å². The number of carbonyl (C=O) groups is 2. The van der Waals surface area contributed by atoms with Crippen LogP contribution in [0.25, 0.3) is 10.8 Å². The Hall–Kier alpha value is -3.21. The second-order valence-electron chi connectivity index (χ2n) is 5.88. The Morgan fingerprint density at radius 2 is 1.65 bits per heavy atom. The number of benzene rings is 3. The smallest absolute Gasteiger partial charge is 0.310 e. The molecule has 0 aliphatic rings. The van der Waals surface area contributed by atoms with Crippen LogP contribution in [-0.2, 0) is 27.3 Å². The molecular weight excluding hydrogens is 333 g/mol. The van der Waals surface area contributed by atoms with E-state index in [0.29, 0.717) is 0 Å². The third-order valence-electron chi connectivity index (χ3n) is 3.98. The normalized spacial score (nSPS) is 10.5. The SMILES string of the molecule is O=C(COC(=O)Cc1cccc2ccccc12)NCc1ccc(F)cc1. The molecule has 0 unspecified atom stereocenters. The maximum atomic E-state index is 12.8. The lowest BCUT2D eigenvalue weighted by Crippen LogP contribution is -2.28. The summed E-state index contributed by atoms with van der Waals surface area (Å²) in [5.41, 5.74) is 1.63. The van der Waals surface area contributed by atoms with Gasteiger partial charge in [0, 0.05) is 6.54 Å². The minimum Gasteiger partial charge on any atom is -0.455 e. The van der Waals surface area contributed by atoms with Crippen molar-refractivity contribution < 1.29 is 18.7 Å². The highest BCUT2D eigenvalue weighted by molar-refractivity contribution is 5.89. The van der Waals surface area contributed by atoms with Crippen molar-refractivity contribution >= 4 is 22.6 Å². The highest BCUT2D eigenvalue weighted by Crippen LogP contribution is 2.19. The predicted octanol–water partition coefficient (Wildman–Crippen LogP) is 3.38. The summed E-state index contributed by atoms with van der Waals surface area (Å²) in [5.74, 6) is -1.19. The molecule has 0 aliphatic heterocycles. The third kappa shape index (κ3) is 4.66. The molecule has 0 atom stereocenters. The number of carbonyl (C=O) groups excluding carboxylic acids is 2. The zero-order valence-corrected chi connectivity index (χ0v) is 14.1. The third-order valence-corrected chi connectivity index (χ3v) is 3.98. The van der Waals surface area contributed by atoms with Crippen LogP contribution in [0.1, 0.15) is 11.1 Å². The van der Waals surface area contributed by atoms with Gasteiger partial charge in [0.15, 0.2) is 6.61 Å². The maximum Gasteiger partial charge on any atom is 0.310 e. The molecule has 3 aromatic rings. The van der Waals surface area contributed by atoms with Crippen LogP contribution in [0.15, 0.2) is 66.7 Å². The van der Waals surface area contributed by atoms with Gasteiger partial charge < -0.3 is 10.1 Å². The van der Waals surface area contributed by atoms with Gasteiger partial charge in [-0.05, 0) is 34.0 Å². The van der Waals surface area contributed by atoms with Crippen LogP contribution in [0, 0.1) is 5.82 Å². The van der Waals surface area contributed by atoms with E-state index in [-0.39, 0.29) is 25.4 Å². The lowest BCUT2D eigenvalue weighted by Gasteiger charge is -2.08. The molecule has 4 nitrogen and oxygen atoms in total. The second-order valence-corrected chi connectivity index (χ2v) is 5.88. The number of hydrogen-bond donors (Lipinski definition) is 1. The average Bonchev–Trinajstić information content (AvgIpc) is 2.66.